The second-order valence-corrected chi connectivity index (χ2v) is 6.52. The maximum atomic E-state index is 12.5. The summed E-state index contributed by atoms with van der Waals surface area (Å²) in [6, 6.07) is 12.8. The Bertz CT molecular complexity index is 953. The molecule has 0 aliphatic carbocycles. The summed E-state index contributed by atoms with van der Waals surface area (Å²) in [6.45, 7) is 1.99. The van der Waals surface area contributed by atoms with Gasteiger partial charge >= 0.3 is 0 Å². The fraction of sp³-hybridized carbons (Fsp3) is 0.158. The van der Waals surface area contributed by atoms with E-state index in [0.29, 0.717) is 28.6 Å². The third-order valence-electron chi connectivity index (χ3n) is 3.88. The first-order chi connectivity index (χ1) is 12.5. The molecule has 2 aromatic carbocycles. The molecule has 1 amide bonds. The van der Waals surface area contributed by atoms with Crippen LogP contribution >= 0.6 is 15.9 Å². The SMILES string of the molecule is COc1ccc(-c2cc(C(=O)Nc3ccc(C)cc3Br)[nH]n2)c(OC)c1. The van der Waals surface area contributed by atoms with E-state index in [9.17, 15) is 4.79 Å². The number of halogens is 1. The summed E-state index contributed by atoms with van der Waals surface area (Å²) in [5.74, 6) is 1.02. The van der Waals surface area contributed by atoms with Gasteiger partial charge in [0.2, 0.25) is 0 Å². The third kappa shape index (κ3) is 3.72. The number of nitrogens with zero attached hydrogens (tertiary/aromatic N) is 1. The van der Waals surface area contributed by atoms with Crippen LogP contribution in [0.4, 0.5) is 5.69 Å². The van der Waals surface area contributed by atoms with Gasteiger partial charge < -0.3 is 14.8 Å². The van der Waals surface area contributed by atoms with E-state index in [-0.39, 0.29) is 5.91 Å². The van der Waals surface area contributed by atoms with Crippen LogP contribution in [-0.2, 0) is 0 Å². The quantitative estimate of drug-likeness (QED) is 0.646. The summed E-state index contributed by atoms with van der Waals surface area (Å²) >= 11 is 3.45. The molecular formula is C19H18BrN3O3. The van der Waals surface area contributed by atoms with Crippen LogP contribution < -0.4 is 14.8 Å². The van der Waals surface area contributed by atoms with Crippen molar-refractivity contribution in [1.82, 2.24) is 10.2 Å². The number of H-pyrrole nitrogens is 1. The number of benzene rings is 2. The molecular weight excluding hydrogens is 398 g/mol. The highest BCUT2D eigenvalue weighted by Gasteiger charge is 2.15. The number of carbonyl (C=O) groups is 1. The van der Waals surface area contributed by atoms with Gasteiger partial charge in [0.15, 0.2) is 0 Å². The molecule has 6 nitrogen and oxygen atoms in total. The van der Waals surface area contributed by atoms with Crippen molar-refractivity contribution in [3.63, 3.8) is 0 Å². The summed E-state index contributed by atoms with van der Waals surface area (Å²) < 4.78 is 11.4. The van der Waals surface area contributed by atoms with Crippen LogP contribution in [0.2, 0.25) is 0 Å². The van der Waals surface area contributed by atoms with Crippen LogP contribution in [0, 0.1) is 6.92 Å². The standard InChI is InChI=1S/C19H18BrN3O3/c1-11-4-7-15(14(20)8-11)21-19(24)17-10-16(22-23-17)13-6-5-12(25-2)9-18(13)26-3/h4-10H,1-3H3,(H,21,24)(H,22,23). The van der Waals surface area contributed by atoms with Crippen LogP contribution in [0.1, 0.15) is 16.1 Å². The van der Waals surface area contributed by atoms with Crippen molar-refractivity contribution in [3.05, 3.63) is 58.2 Å². The Kier molecular flexibility index (Phi) is 5.27. The molecule has 3 aromatic rings. The summed E-state index contributed by atoms with van der Waals surface area (Å²) in [4.78, 5) is 12.5. The molecule has 0 spiro atoms. The second-order valence-electron chi connectivity index (χ2n) is 5.67. The number of hydrogen-bond acceptors (Lipinski definition) is 4. The fourth-order valence-corrected chi connectivity index (χ4v) is 3.09. The number of carbonyl (C=O) groups excluding carboxylic acids is 1. The molecule has 0 fully saturated rings. The highest BCUT2D eigenvalue weighted by molar-refractivity contribution is 9.10. The lowest BCUT2D eigenvalue weighted by Crippen LogP contribution is -2.12. The molecule has 0 aliphatic heterocycles. The summed E-state index contributed by atoms with van der Waals surface area (Å²) in [5.41, 5.74) is 3.52. The van der Waals surface area contributed by atoms with Crippen molar-refractivity contribution in [2.75, 3.05) is 19.5 Å². The Morgan fingerprint density at radius 3 is 2.62 bits per heavy atom. The zero-order valence-electron chi connectivity index (χ0n) is 14.6. The lowest BCUT2D eigenvalue weighted by Gasteiger charge is -2.08. The van der Waals surface area contributed by atoms with E-state index in [2.05, 4.69) is 31.4 Å². The first-order valence-corrected chi connectivity index (χ1v) is 8.66. The van der Waals surface area contributed by atoms with Gasteiger partial charge in [0.25, 0.3) is 5.91 Å². The molecule has 0 bridgehead atoms. The molecule has 0 saturated heterocycles. The first-order valence-electron chi connectivity index (χ1n) is 7.87. The van der Waals surface area contributed by atoms with Crippen LogP contribution in [0.3, 0.4) is 0 Å². The molecule has 0 unspecified atom stereocenters. The van der Waals surface area contributed by atoms with Crippen molar-refractivity contribution in [2.45, 2.75) is 6.92 Å². The number of methoxy groups -OCH3 is 2. The molecule has 134 valence electrons. The Labute approximate surface area is 159 Å². The van der Waals surface area contributed by atoms with Crippen molar-refractivity contribution in [1.29, 1.82) is 0 Å². The number of aromatic amines is 1. The molecule has 0 aliphatic rings. The Hall–Kier alpha value is -2.80. The predicted molar refractivity (Wildman–Crippen MR) is 104 cm³/mol. The zero-order chi connectivity index (χ0) is 18.7. The lowest BCUT2D eigenvalue weighted by atomic mass is 10.1. The van der Waals surface area contributed by atoms with Crippen LogP contribution in [0.25, 0.3) is 11.3 Å². The predicted octanol–water partition coefficient (Wildman–Crippen LogP) is 4.42. The topological polar surface area (TPSA) is 76.2 Å². The van der Waals surface area contributed by atoms with Gasteiger partial charge in [-0.3, -0.25) is 9.89 Å². The van der Waals surface area contributed by atoms with E-state index < -0.39 is 0 Å². The fourth-order valence-electron chi connectivity index (χ4n) is 2.50. The number of nitrogens with one attached hydrogen (secondary N) is 2. The maximum Gasteiger partial charge on any atom is 0.273 e. The van der Waals surface area contributed by atoms with E-state index in [0.717, 1.165) is 15.6 Å². The van der Waals surface area contributed by atoms with E-state index >= 15 is 0 Å². The van der Waals surface area contributed by atoms with Gasteiger partial charge in [0.05, 0.1) is 25.6 Å². The summed E-state index contributed by atoms with van der Waals surface area (Å²) in [7, 11) is 3.17. The smallest absolute Gasteiger partial charge is 0.273 e. The Morgan fingerprint density at radius 1 is 1.12 bits per heavy atom. The number of amides is 1. The van der Waals surface area contributed by atoms with E-state index in [1.165, 1.54) is 0 Å². The van der Waals surface area contributed by atoms with Crippen molar-refractivity contribution >= 4 is 27.5 Å². The number of aromatic nitrogens is 2. The molecule has 0 radical (unpaired) electrons. The number of anilines is 1. The monoisotopic (exact) mass is 415 g/mol. The highest BCUT2D eigenvalue weighted by Crippen LogP contribution is 2.32. The molecule has 2 N–H and O–H groups in total. The Balaban J connectivity index is 1.84. The van der Waals surface area contributed by atoms with Crippen LogP contribution in [0.5, 0.6) is 11.5 Å². The van der Waals surface area contributed by atoms with Gasteiger partial charge in [-0.05, 0) is 58.7 Å². The molecule has 1 heterocycles. The second kappa shape index (κ2) is 7.61. The van der Waals surface area contributed by atoms with Gasteiger partial charge in [-0.1, -0.05) is 6.07 Å². The maximum absolute atomic E-state index is 12.5. The highest BCUT2D eigenvalue weighted by atomic mass is 79.9. The van der Waals surface area contributed by atoms with Gasteiger partial charge in [0, 0.05) is 16.1 Å². The summed E-state index contributed by atoms with van der Waals surface area (Å²) in [6.07, 6.45) is 0. The zero-order valence-corrected chi connectivity index (χ0v) is 16.2. The molecule has 0 atom stereocenters. The average molecular weight is 416 g/mol. The van der Waals surface area contributed by atoms with Gasteiger partial charge in [-0.15, -0.1) is 0 Å². The van der Waals surface area contributed by atoms with Crippen LogP contribution in [-0.4, -0.2) is 30.3 Å². The third-order valence-corrected chi connectivity index (χ3v) is 4.54. The molecule has 3 rings (SSSR count). The summed E-state index contributed by atoms with van der Waals surface area (Å²) in [5, 5.41) is 9.86. The van der Waals surface area contributed by atoms with Crippen molar-refractivity contribution in [2.24, 2.45) is 0 Å². The molecule has 7 heteroatoms. The minimum absolute atomic E-state index is 0.277. The largest absolute Gasteiger partial charge is 0.497 e. The lowest BCUT2D eigenvalue weighted by molar-refractivity contribution is 0.102. The van der Waals surface area contributed by atoms with E-state index in [1.807, 2.05) is 37.3 Å². The molecule has 1 aromatic heterocycles. The number of rotatable bonds is 5. The number of aryl methyl sites for hydroxylation is 1. The van der Waals surface area contributed by atoms with Gasteiger partial charge in [-0.25, -0.2) is 0 Å². The van der Waals surface area contributed by atoms with E-state index in [1.54, 1.807) is 26.4 Å². The van der Waals surface area contributed by atoms with Crippen molar-refractivity contribution in [3.8, 4) is 22.8 Å². The number of hydrogen-bond donors (Lipinski definition) is 2. The first kappa shape index (κ1) is 18.0. The molecule has 0 saturated carbocycles. The minimum atomic E-state index is -0.277. The average Bonchev–Trinajstić information content (AvgIpc) is 3.13. The van der Waals surface area contributed by atoms with Crippen LogP contribution in [0.15, 0.2) is 46.9 Å². The van der Waals surface area contributed by atoms with Gasteiger partial charge in [-0.2, -0.15) is 5.10 Å². The van der Waals surface area contributed by atoms with Gasteiger partial charge in [0.1, 0.15) is 17.2 Å². The van der Waals surface area contributed by atoms with E-state index in [4.69, 9.17) is 9.47 Å². The molecule has 26 heavy (non-hydrogen) atoms. The van der Waals surface area contributed by atoms with Crippen molar-refractivity contribution < 1.29 is 14.3 Å². The number of ether oxygens (including phenoxy) is 2. The normalized spacial score (nSPS) is 10.5. The Morgan fingerprint density at radius 2 is 1.92 bits per heavy atom. The minimum Gasteiger partial charge on any atom is -0.497 e.